The summed E-state index contributed by atoms with van der Waals surface area (Å²) in [6, 6.07) is 13.6. The molecular formula is C23H28N4O3. The highest BCUT2D eigenvalue weighted by Gasteiger charge is 2.22. The Bertz CT molecular complexity index is 1030. The second-order valence-corrected chi connectivity index (χ2v) is 7.93. The fourth-order valence-electron chi connectivity index (χ4n) is 4.34. The van der Waals surface area contributed by atoms with Gasteiger partial charge in [-0.1, -0.05) is 12.1 Å². The number of aryl methyl sites for hydroxylation is 1. The first kappa shape index (κ1) is 20.3. The maximum absolute atomic E-state index is 11.2. The first-order valence-electron chi connectivity index (χ1n) is 10.6. The van der Waals surface area contributed by atoms with Gasteiger partial charge < -0.3 is 14.2 Å². The average Bonchev–Trinajstić information content (AvgIpc) is 3.30. The summed E-state index contributed by atoms with van der Waals surface area (Å²) in [7, 11) is 2.19. The highest BCUT2D eigenvalue weighted by atomic mass is 16.6. The van der Waals surface area contributed by atoms with Crippen molar-refractivity contribution in [2.24, 2.45) is 0 Å². The van der Waals surface area contributed by atoms with Crippen molar-refractivity contribution in [1.29, 1.82) is 0 Å². The number of benzene rings is 2. The van der Waals surface area contributed by atoms with Gasteiger partial charge >= 0.3 is 0 Å². The van der Waals surface area contributed by atoms with Crippen LogP contribution in [0.2, 0.25) is 0 Å². The molecule has 0 N–H and O–H groups in total. The lowest BCUT2D eigenvalue weighted by Crippen LogP contribution is -2.26. The number of nitro groups is 1. The van der Waals surface area contributed by atoms with Gasteiger partial charge in [0.25, 0.3) is 5.69 Å². The van der Waals surface area contributed by atoms with Gasteiger partial charge in [0.2, 0.25) is 0 Å². The normalized spacial score (nSPS) is 16.9. The van der Waals surface area contributed by atoms with Gasteiger partial charge in [-0.25, -0.2) is 4.98 Å². The van der Waals surface area contributed by atoms with Crippen molar-refractivity contribution < 1.29 is 9.66 Å². The number of likely N-dealkylation sites (tertiary alicyclic amines) is 1. The molecule has 1 aliphatic heterocycles. The number of hydrogen-bond acceptors (Lipinski definition) is 5. The molecule has 1 atom stereocenters. The topological polar surface area (TPSA) is 73.4 Å². The molecule has 1 fully saturated rings. The Morgan fingerprint density at radius 2 is 2.03 bits per heavy atom. The molecule has 3 aromatic rings. The van der Waals surface area contributed by atoms with E-state index in [0.717, 1.165) is 42.2 Å². The predicted molar refractivity (Wildman–Crippen MR) is 117 cm³/mol. The molecule has 158 valence electrons. The number of rotatable bonds is 8. The largest absolute Gasteiger partial charge is 0.494 e. The molecule has 7 heteroatoms. The number of hydrogen-bond donors (Lipinski definition) is 0. The first-order chi connectivity index (χ1) is 14.5. The summed E-state index contributed by atoms with van der Waals surface area (Å²) in [5.41, 5.74) is 2.87. The van der Waals surface area contributed by atoms with Gasteiger partial charge in [0.05, 0.1) is 22.6 Å². The molecule has 1 unspecified atom stereocenters. The summed E-state index contributed by atoms with van der Waals surface area (Å²) >= 11 is 0. The molecule has 30 heavy (non-hydrogen) atoms. The van der Waals surface area contributed by atoms with Crippen LogP contribution in [0.3, 0.4) is 0 Å². The molecule has 0 bridgehead atoms. The minimum atomic E-state index is -0.363. The molecule has 1 aliphatic rings. The molecule has 7 nitrogen and oxygen atoms in total. The minimum Gasteiger partial charge on any atom is -0.494 e. The minimum absolute atomic E-state index is 0.0790. The Kier molecular flexibility index (Phi) is 5.99. The zero-order valence-electron chi connectivity index (χ0n) is 17.6. The molecule has 1 saturated heterocycles. The number of nitrogens with zero attached hydrogens (tertiary/aromatic N) is 4. The summed E-state index contributed by atoms with van der Waals surface area (Å²) in [5.74, 6) is 1.80. The van der Waals surface area contributed by atoms with E-state index in [2.05, 4.69) is 28.6 Å². The van der Waals surface area contributed by atoms with Gasteiger partial charge in [-0.15, -0.1) is 0 Å². The van der Waals surface area contributed by atoms with E-state index in [1.807, 2.05) is 25.1 Å². The molecule has 2 heterocycles. The van der Waals surface area contributed by atoms with E-state index in [9.17, 15) is 10.1 Å². The van der Waals surface area contributed by atoms with E-state index in [1.54, 1.807) is 12.1 Å². The number of fused-ring (bicyclic) bond motifs is 1. The molecule has 1 aromatic heterocycles. The summed E-state index contributed by atoms with van der Waals surface area (Å²) in [4.78, 5) is 18.1. The van der Waals surface area contributed by atoms with E-state index in [-0.39, 0.29) is 10.6 Å². The smallest absolute Gasteiger partial charge is 0.271 e. The highest BCUT2D eigenvalue weighted by Crippen LogP contribution is 2.26. The van der Waals surface area contributed by atoms with Gasteiger partial charge in [-0.05, 0) is 63.5 Å². The predicted octanol–water partition coefficient (Wildman–Crippen LogP) is 4.42. The SMILES string of the molecule is CCOc1ccc(Cc2nc3cc([N+](=O)[O-])ccc3n2CCC2CCCN2C)cc1. The van der Waals surface area contributed by atoms with Crippen LogP contribution >= 0.6 is 0 Å². The molecule has 0 radical (unpaired) electrons. The summed E-state index contributed by atoms with van der Waals surface area (Å²) in [6.07, 6.45) is 4.20. The lowest BCUT2D eigenvalue weighted by atomic mass is 10.1. The van der Waals surface area contributed by atoms with Crippen molar-refractivity contribution in [3.05, 3.63) is 64.0 Å². The fraction of sp³-hybridized carbons (Fsp3) is 0.435. The number of ether oxygens (including phenoxy) is 1. The molecule has 4 rings (SSSR count). The van der Waals surface area contributed by atoms with Gasteiger partial charge in [-0.2, -0.15) is 0 Å². The third-order valence-electron chi connectivity index (χ3n) is 5.98. The van der Waals surface area contributed by atoms with Crippen LogP contribution in [0.5, 0.6) is 5.75 Å². The summed E-state index contributed by atoms with van der Waals surface area (Å²) < 4.78 is 7.77. The van der Waals surface area contributed by atoms with Gasteiger partial charge in [0.1, 0.15) is 11.6 Å². The number of imidazole rings is 1. The van der Waals surface area contributed by atoms with Crippen LogP contribution in [0.15, 0.2) is 42.5 Å². The van der Waals surface area contributed by atoms with Crippen LogP contribution in [0.4, 0.5) is 5.69 Å². The van der Waals surface area contributed by atoms with E-state index < -0.39 is 0 Å². The lowest BCUT2D eigenvalue weighted by molar-refractivity contribution is -0.384. The van der Waals surface area contributed by atoms with E-state index in [1.165, 1.54) is 12.8 Å². The van der Waals surface area contributed by atoms with Gasteiger partial charge in [0.15, 0.2) is 0 Å². The third kappa shape index (κ3) is 4.31. The van der Waals surface area contributed by atoms with E-state index in [0.29, 0.717) is 24.6 Å². The lowest BCUT2D eigenvalue weighted by Gasteiger charge is -2.20. The molecule has 0 spiro atoms. The van der Waals surface area contributed by atoms with Gasteiger partial charge in [0, 0.05) is 31.1 Å². The number of aromatic nitrogens is 2. The third-order valence-corrected chi connectivity index (χ3v) is 5.98. The van der Waals surface area contributed by atoms with E-state index >= 15 is 0 Å². The van der Waals surface area contributed by atoms with Crippen molar-refractivity contribution in [3.63, 3.8) is 0 Å². The molecule has 0 saturated carbocycles. The zero-order chi connectivity index (χ0) is 21.1. The quantitative estimate of drug-likeness (QED) is 0.407. The first-order valence-corrected chi connectivity index (χ1v) is 10.6. The van der Waals surface area contributed by atoms with Crippen molar-refractivity contribution >= 4 is 16.7 Å². The van der Waals surface area contributed by atoms with Crippen LogP contribution < -0.4 is 4.74 Å². The molecular weight excluding hydrogens is 380 g/mol. The van der Waals surface area contributed by atoms with E-state index in [4.69, 9.17) is 9.72 Å². The fourth-order valence-corrected chi connectivity index (χ4v) is 4.34. The standard InChI is InChI=1S/C23H28N4O3/c1-3-30-20-9-6-17(7-10-20)15-23-24-21-16-19(27(28)29)8-11-22(21)26(23)14-12-18-5-4-13-25(18)2/h6-11,16,18H,3-5,12-15H2,1-2H3. The Labute approximate surface area is 176 Å². The Hall–Kier alpha value is -2.93. The molecule has 0 amide bonds. The summed E-state index contributed by atoms with van der Waals surface area (Å²) in [5, 5.41) is 11.2. The van der Waals surface area contributed by atoms with Crippen molar-refractivity contribution in [1.82, 2.24) is 14.5 Å². The average molecular weight is 409 g/mol. The Morgan fingerprint density at radius 3 is 2.70 bits per heavy atom. The Morgan fingerprint density at radius 1 is 1.23 bits per heavy atom. The zero-order valence-corrected chi connectivity index (χ0v) is 17.6. The monoisotopic (exact) mass is 408 g/mol. The van der Waals surface area contributed by atoms with Crippen LogP contribution in [0.25, 0.3) is 11.0 Å². The maximum Gasteiger partial charge on any atom is 0.271 e. The second kappa shape index (κ2) is 8.83. The van der Waals surface area contributed by atoms with Crippen LogP contribution in [-0.2, 0) is 13.0 Å². The Balaban J connectivity index is 1.64. The van der Waals surface area contributed by atoms with Crippen LogP contribution in [0, 0.1) is 10.1 Å². The summed E-state index contributed by atoms with van der Waals surface area (Å²) in [6.45, 7) is 4.62. The number of non-ortho nitro benzene ring substituents is 1. The highest BCUT2D eigenvalue weighted by molar-refractivity contribution is 5.78. The maximum atomic E-state index is 11.2. The van der Waals surface area contributed by atoms with Crippen LogP contribution in [0.1, 0.15) is 37.6 Å². The second-order valence-electron chi connectivity index (χ2n) is 7.93. The van der Waals surface area contributed by atoms with Crippen molar-refractivity contribution in [3.8, 4) is 5.75 Å². The molecule has 2 aromatic carbocycles. The number of nitro benzene ring substituents is 1. The van der Waals surface area contributed by atoms with Crippen molar-refractivity contribution in [2.75, 3.05) is 20.2 Å². The van der Waals surface area contributed by atoms with Crippen LogP contribution in [-0.4, -0.2) is 45.6 Å². The van der Waals surface area contributed by atoms with Gasteiger partial charge in [-0.3, -0.25) is 10.1 Å². The van der Waals surface area contributed by atoms with Crippen molar-refractivity contribution in [2.45, 2.75) is 45.2 Å². The molecule has 0 aliphatic carbocycles.